The third-order valence-corrected chi connectivity index (χ3v) is 13.5. The van der Waals surface area contributed by atoms with E-state index in [1.54, 1.807) is 0 Å². The Bertz CT molecular complexity index is 3120. The summed E-state index contributed by atoms with van der Waals surface area (Å²) in [5.74, 6) is 0. The minimum absolute atomic E-state index is 0.150. The van der Waals surface area contributed by atoms with Gasteiger partial charge in [0.25, 0.3) is 0 Å². The van der Waals surface area contributed by atoms with Crippen molar-refractivity contribution in [2.24, 2.45) is 0 Å². The third-order valence-electron chi connectivity index (χ3n) is 13.5. The van der Waals surface area contributed by atoms with E-state index in [1.165, 1.54) is 89.0 Å². The molecule has 0 bridgehead atoms. The van der Waals surface area contributed by atoms with Crippen LogP contribution in [0.3, 0.4) is 0 Å². The minimum Gasteiger partial charge on any atom is -0.310 e. The van der Waals surface area contributed by atoms with Crippen LogP contribution in [0.2, 0.25) is 0 Å². The van der Waals surface area contributed by atoms with Crippen molar-refractivity contribution in [3.8, 4) is 55.6 Å². The van der Waals surface area contributed by atoms with E-state index in [0.717, 1.165) is 17.1 Å². The van der Waals surface area contributed by atoms with Crippen LogP contribution in [-0.4, -0.2) is 0 Å². The zero-order valence-corrected chi connectivity index (χ0v) is 33.2. The summed E-state index contributed by atoms with van der Waals surface area (Å²) >= 11 is 0. The van der Waals surface area contributed by atoms with Gasteiger partial charge in [-0.05, 0) is 114 Å². The Morgan fingerprint density at radius 2 is 0.814 bits per heavy atom. The average Bonchev–Trinajstić information content (AvgIpc) is 3.86. The second kappa shape index (κ2) is 12.6. The molecule has 1 unspecified atom stereocenters. The summed E-state index contributed by atoms with van der Waals surface area (Å²) in [6.45, 7) is 4.84. The highest BCUT2D eigenvalue weighted by atomic mass is 15.1. The lowest BCUT2D eigenvalue weighted by Crippen LogP contribution is -2.26. The van der Waals surface area contributed by atoms with Crippen LogP contribution in [-0.2, 0) is 10.8 Å². The molecule has 1 nitrogen and oxygen atoms in total. The Hall–Kier alpha value is -7.22. The first-order valence-electron chi connectivity index (χ1n) is 20.8. The zero-order valence-electron chi connectivity index (χ0n) is 33.2. The molecule has 59 heavy (non-hydrogen) atoms. The van der Waals surface area contributed by atoms with E-state index in [9.17, 15) is 0 Å². The summed E-state index contributed by atoms with van der Waals surface area (Å²) in [6, 6.07) is 79.0. The number of fused-ring (bicyclic) bond motifs is 14. The van der Waals surface area contributed by atoms with Crippen LogP contribution in [0.15, 0.2) is 212 Å². The van der Waals surface area contributed by atoms with Crippen molar-refractivity contribution < 1.29 is 0 Å². The Balaban J connectivity index is 1.13. The van der Waals surface area contributed by atoms with Gasteiger partial charge in [0.05, 0.1) is 11.1 Å². The maximum absolute atomic E-state index is 2.52. The number of nitrogens with zero attached hydrogens (tertiary/aromatic N) is 1. The molecule has 278 valence electrons. The van der Waals surface area contributed by atoms with Crippen LogP contribution < -0.4 is 4.90 Å². The van der Waals surface area contributed by atoms with E-state index < -0.39 is 5.41 Å². The third kappa shape index (κ3) is 4.67. The Morgan fingerprint density at radius 3 is 1.53 bits per heavy atom. The molecule has 12 rings (SSSR count). The first kappa shape index (κ1) is 33.9. The molecule has 3 aliphatic carbocycles. The number of rotatable bonds is 5. The highest BCUT2D eigenvalue weighted by molar-refractivity contribution is 6.01. The number of hydrogen-bond acceptors (Lipinski definition) is 1. The lowest BCUT2D eigenvalue weighted by atomic mass is 9.69. The predicted octanol–water partition coefficient (Wildman–Crippen LogP) is 15.1. The molecule has 0 amide bonds. The molecule has 1 heteroatoms. The van der Waals surface area contributed by atoms with Crippen molar-refractivity contribution in [2.75, 3.05) is 4.90 Å². The van der Waals surface area contributed by atoms with Gasteiger partial charge < -0.3 is 4.90 Å². The Kier molecular flexibility index (Phi) is 7.26. The molecule has 3 aliphatic rings. The van der Waals surface area contributed by atoms with Gasteiger partial charge in [-0.15, -0.1) is 0 Å². The van der Waals surface area contributed by atoms with E-state index in [1.807, 2.05) is 0 Å². The normalized spacial score (nSPS) is 15.8. The van der Waals surface area contributed by atoms with Crippen LogP contribution in [0.4, 0.5) is 17.1 Å². The molecule has 0 aromatic heterocycles. The van der Waals surface area contributed by atoms with E-state index in [-0.39, 0.29) is 5.41 Å². The Morgan fingerprint density at radius 1 is 0.322 bits per heavy atom. The molecular formula is C58H41N. The van der Waals surface area contributed by atoms with Crippen LogP contribution in [0.5, 0.6) is 0 Å². The number of hydrogen-bond donors (Lipinski definition) is 0. The summed E-state index contributed by atoms with van der Waals surface area (Å²) in [7, 11) is 0. The van der Waals surface area contributed by atoms with Gasteiger partial charge in [-0.2, -0.15) is 0 Å². The standard InChI is InChI=1S/C58H41N/c1-57(2)49-25-13-9-23-45(49)47-35-36-52-55(56(47)57)48-24-11-15-27-51(48)58(52)50-26-14-10-22-44(50)46-34-33-42(37-53(46)58)59(41-31-29-39(30-32-41)38-17-5-3-6-18-38)54-28-16-12-21-43(54)40-19-7-4-8-20-40/h3-37H,1-2H3. The van der Waals surface area contributed by atoms with Crippen molar-refractivity contribution in [3.05, 3.63) is 246 Å². The van der Waals surface area contributed by atoms with E-state index in [4.69, 9.17) is 0 Å². The smallest absolute Gasteiger partial charge is 0.0726 e. The number of para-hydroxylation sites is 1. The van der Waals surface area contributed by atoms with E-state index in [0.29, 0.717) is 0 Å². The fourth-order valence-electron chi connectivity index (χ4n) is 11.0. The summed E-state index contributed by atoms with van der Waals surface area (Å²) in [5, 5.41) is 0. The summed E-state index contributed by atoms with van der Waals surface area (Å²) in [4.78, 5) is 2.47. The van der Waals surface area contributed by atoms with Crippen molar-refractivity contribution in [1.82, 2.24) is 0 Å². The summed E-state index contributed by atoms with van der Waals surface area (Å²) < 4.78 is 0. The zero-order chi connectivity index (χ0) is 39.3. The van der Waals surface area contributed by atoms with Gasteiger partial charge in [0, 0.05) is 22.4 Å². The van der Waals surface area contributed by atoms with Gasteiger partial charge in [0.1, 0.15) is 0 Å². The number of anilines is 3. The summed E-state index contributed by atoms with van der Waals surface area (Å²) in [6.07, 6.45) is 0. The van der Waals surface area contributed by atoms with Crippen LogP contribution in [0.1, 0.15) is 47.2 Å². The molecule has 9 aromatic carbocycles. The molecule has 9 aromatic rings. The molecule has 0 fully saturated rings. The van der Waals surface area contributed by atoms with E-state index >= 15 is 0 Å². The summed E-state index contributed by atoms with van der Waals surface area (Å²) in [5.41, 5.74) is 23.9. The lowest BCUT2D eigenvalue weighted by molar-refractivity contribution is 0.660. The van der Waals surface area contributed by atoms with Gasteiger partial charge in [-0.3, -0.25) is 0 Å². The lowest BCUT2D eigenvalue weighted by Gasteiger charge is -2.33. The maximum Gasteiger partial charge on any atom is 0.0726 e. The predicted molar refractivity (Wildman–Crippen MR) is 246 cm³/mol. The number of benzene rings is 9. The van der Waals surface area contributed by atoms with Crippen LogP contribution in [0, 0.1) is 0 Å². The van der Waals surface area contributed by atoms with Crippen molar-refractivity contribution in [1.29, 1.82) is 0 Å². The van der Waals surface area contributed by atoms with Gasteiger partial charge in [-0.25, -0.2) is 0 Å². The van der Waals surface area contributed by atoms with Gasteiger partial charge in [0.2, 0.25) is 0 Å². The SMILES string of the molecule is CC1(C)c2ccccc2-c2ccc3c(c21)-c1ccccc1C31c2ccccc2-c2ccc(N(c3ccc(-c4ccccc4)cc3)c3ccccc3-c3ccccc3)cc21. The minimum atomic E-state index is -0.491. The first-order chi connectivity index (χ1) is 29.0. The maximum atomic E-state index is 2.52. The molecule has 0 aliphatic heterocycles. The first-order valence-corrected chi connectivity index (χ1v) is 20.8. The monoisotopic (exact) mass is 751 g/mol. The highest BCUT2D eigenvalue weighted by Gasteiger charge is 2.54. The average molecular weight is 752 g/mol. The topological polar surface area (TPSA) is 3.24 Å². The quantitative estimate of drug-likeness (QED) is 0.169. The molecule has 1 atom stereocenters. The largest absolute Gasteiger partial charge is 0.310 e. The Labute approximate surface area is 346 Å². The highest BCUT2D eigenvalue weighted by Crippen LogP contribution is 2.66. The van der Waals surface area contributed by atoms with Gasteiger partial charge >= 0.3 is 0 Å². The molecule has 1 spiro atoms. The molecule has 0 radical (unpaired) electrons. The van der Waals surface area contributed by atoms with Crippen molar-refractivity contribution in [3.63, 3.8) is 0 Å². The second-order valence-corrected chi connectivity index (χ2v) is 16.8. The molecule has 0 N–H and O–H groups in total. The second-order valence-electron chi connectivity index (χ2n) is 16.8. The molecule has 0 saturated carbocycles. The van der Waals surface area contributed by atoms with Crippen LogP contribution >= 0.6 is 0 Å². The van der Waals surface area contributed by atoms with Crippen molar-refractivity contribution in [2.45, 2.75) is 24.7 Å². The van der Waals surface area contributed by atoms with Gasteiger partial charge in [-0.1, -0.05) is 196 Å². The molecular weight excluding hydrogens is 711 g/mol. The molecule has 0 heterocycles. The fourth-order valence-corrected chi connectivity index (χ4v) is 11.0. The fraction of sp³-hybridized carbons (Fsp3) is 0.0690. The van der Waals surface area contributed by atoms with E-state index in [2.05, 4.69) is 231 Å². The van der Waals surface area contributed by atoms with Crippen molar-refractivity contribution >= 4 is 17.1 Å². The molecule has 0 saturated heterocycles. The van der Waals surface area contributed by atoms with Crippen LogP contribution in [0.25, 0.3) is 55.6 Å². The van der Waals surface area contributed by atoms with Gasteiger partial charge in [0.15, 0.2) is 0 Å².